The number of para-hydroxylation sites is 1. The molecule has 0 aliphatic carbocycles. The maximum absolute atomic E-state index is 11.8. The van der Waals surface area contributed by atoms with E-state index in [0.717, 1.165) is 6.42 Å². The van der Waals surface area contributed by atoms with Gasteiger partial charge >= 0.3 is 0 Å². The Bertz CT molecular complexity index is 447. The summed E-state index contributed by atoms with van der Waals surface area (Å²) in [6, 6.07) is 5.04. The lowest BCUT2D eigenvalue weighted by Crippen LogP contribution is -2.43. The summed E-state index contributed by atoms with van der Waals surface area (Å²) in [4.78, 5) is 11.8. The van der Waals surface area contributed by atoms with Gasteiger partial charge in [0.2, 0.25) is 5.91 Å². The summed E-state index contributed by atoms with van der Waals surface area (Å²) in [6.07, 6.45) is 0.740. The number of hydrogen-bond acceptors (Lipinski definition) is 4. The van der Waals surface area contributed by atoms with Crippen molar-refractivity contribution in [1.82, 2.24) is 10.6 Å². The normalized spacial score (nSPS) is 12.2. The molecule has 0 aliphatic heterocycles. The van der Waals surface area contributed by atoms with Crippen molar-refractivity contribution >= 4 is 5.91 Å². The van der Waals surface area contributed by atoms with Crippen molar-refractivity contribution < 1.29 is 14.6 Å². The van der Waals surface area contributed by atoms with Crippen molar-refractivity contribution in [3.63, 3.8) is 0 Å². The smallest absolute Gasteiger partial charge is 0.236 e. The standard InChI is InChI=1S/C15H24N2O3/c1-10(2)8-12(15(19)16-3)17-9-11-6-5-7-13(20-4)14(11)18/h5-7,10,12,17-18H,8-9H2,1-4H3,(H,16,19). The van der Waals surface area contributed by atoms with Crippen LogP contribution >= 0.6 is 0 Å². The zero-order valence-corrected chi connectivity index (χ0v) is 12.6. The van der Waals surface area contributed by atoms with Gasteiger partial charge in [-0.15, -0.1) is 0 Å². The molecule has 0 saturated heterocycles. The number of carbonyl (C=O) groups is 1. The van der Waals surface area contributed by atoms with Crippen LogP contribution in [0.15, 0.2) is 18.2 Å². The van der Waals surface area contributed by atoms with Gasteiger partial charge in [-0.2, -0.15) is 0 Å². The SMILES string of the molecule is CNC(=O)C(CC(C)C)NCc1cccc(OC)c1O. The van der Waals surface area contributed by atoms with E-state index in [4.69, 9.17) is 4.74 Å². The van der Waals surface area contributed by atoms with Crippen molar-refractivity contribution in [3.8, 4) is 11.5 Å². The first-order valence-electron chi connectivity index (χ1n) is 6.79. The summed E-state index contributed by atoms with van der Waals surface area (Å²) in [5.74, 6) is 0.914. The van der Waals surface area contributed by atoms with Crippen LogP contribution in [0.4, 0.5) is 0 Å². The number of benzene rings is 1. The van der Waals surface area contributed by atoms with E-state index in [1.165, 1.54) is 7.11 Å². The third kappa shape index (κ3) is 4.42. The van der Waals surface area contributed by atoms with Gasteiger partial charge in [0.1, 0.15) is 0 Å². The van der Waals surface area contributed by atoms with Gasteiger partial charge in [0.05, 0.1) is 13.2 Å². The minimum Gasteiger partial charge on any atom is -0.504 e. The molecule has 1 unspecified atom stereocenters. The molecule has 1 rings (SSSR count). The molecule has 3 N–H and O–H groups in total. The summed E-state index contributed by atoms with van der Waals surface area (Å²) >= 11 is 0. The number of nitrogens with one attached hydrogen (secondary N) is 2. The van der Waals surface area contributed by atoms with E-state index in [1.54, 1.807) is 19.2 Å². The predicted octanol–water partition coefficient (Wildman–Crippen LogP) is 1.65. The second-order valence-corrected chi connectivity index (χ2v) is 5.15. The van der Waals surface area contributed by atoms with E-state index in [0.29, 0.717) is 23.8 Å². The monoisotopic (exact) mass is 280 g/mol. The highest BCUT2D eigenvalue weighted by molar-refractivity contribution is 5.81. The van der Waals surface area contributed by atoms with Crippen LogP contribution in [0, 0.1) is 5.92 Å². The van der Waals surface area contributed by atoms with Gasteiger partial charge in [0, 0.05) is 19.2 Å². The zero-order valence-electron chi connectivity index (χ0n) is 12.6. The Morgan fingerprint density at radius 2 is 2.10 bits per heavy atom. The molecule has 1 aromatic carbocycles. The average molecular weight is 280 g/mol. The number of rotatable bonds is 7. The fourth-order valence-electron chi connectivity index (χ4n) is 2.04. The Hall–Kier alpha value is -1.75. The van der Waals surface area contributed by atoms with Gasteiger partial charge < -0.3 is 20.5 Å². The summed E-state index contributed by atoms with van der Waals surface area (Å²) in [7, 11) is 3.14. The number of phenols is 1. The molecule has 1 amide bonds. The second kappa shape index (κ2) is 7.75. The van der Waals surface area contributed by atoms with Crippen LogP contribution in [0.2, 0.25) is 0 Å². The molecule has 0 bridgehead atoms. The highest BCUT2D eigenvalue weighted by atomic mass is 16.5. The molecule has 20 heavy (non-hydrogen) atoms. The molecule has 1 aromatic rings. The highest BCUT2D eigenvalue weighted by Crippen LogP contribution is 2.29. The number of carbonyl (C=O) groups excluding carboxylic acids is 1. The fraction of sp³-hybridized carbons (Fsp3) is 0.533. The molecular weight excluding hydrogens is 256 g/mol. The van der Waals surface area contributed by atoms with Crippen LogP contribution in [0.25, 0.3) is 0 Å². The van der Waals surface area contributed by atoms with E-state index in [1.807, 2.05) is 6.07 Å². The van der Waals surface area contributed by atoms with Gasteiger partial charge in [0.25, 0.3) is 0 Å². The van der Waals surface area contributed by atoms with Crippen molar-refractivity contribution in [1.29, 1.82) is 0 Å². The van der Waals surface area contributed by atoms with Crippen molar-refractivity contribution in [2.45, 2.75) is 32.9 Å². The molecule has 1 atom stereocenters. The number of methoxy groups -OCH3 is 1. The minimum atomic E-state index is -0.273. The maximum Gasteiger partial charge on any atom is 0.236 e. The number of likely N-dealkylation sites (N-methyl/N-ethyl adjacent to an activating group) is 1. The van der Waals surface area contributed by atoms with Crippen LogP contribution in [-0.2, 0) is 11.3 Å². The third-order valence-electron chi connectivity index (χ3n) is 3.11. The number of hydrogen-bond donors (Lipinski definition) is 3. The maximum atomic E-state index is 11.8. The number of amides is 1. The summed E-state index contributed by atoms with van der Waals surface area (Å²) < 4.78 is 5.07. The van der Waals surface area contributed by atoms with Crippen molar-refractivity contribution in [2.75, 3.05) is 14.2 Å². The average Bonchev–Trinajstić information content (AvgIpc) is 2.43. The van der Waals surface area contributed by atoms with Crippen LogP contribution < -0.4 is 15.4 Å². The van der Waals surface area contributed by atoms with E-state index in [2.05, 4.69) is 24.5 Å². The van der Waals surface area contributed by atoms with Crippen LogP contribution in [-0.4, -0.2) is 31.2 Å². The molecule has 0 aliphatic rings. The van der Waals surface area contributed by atoms with Gasteiger partial charge in [-0.1, -0.05) is 26.0 Å². The molecule has 112 valence electrons. The number of phenolic OH excluding ortho intramolecular Hbond substituents is 1. The van der Waals surface area contributed by atoms with Gasteiger partial charge in [-0.05, 0) is 18.4 Å². The first kappa shape index (κ1) is 16.3. The fourth-order valence-corrected chi connectivity index (χ4v) is 2.04. The molecule has 0 aromatic heterocycles. The molecule has 5 heteroatoms. The number of ether oxygens (including phenoxy) is 1. The van der Waals surface area contributed by atoms with E-state index < -0.39 is 0 Å². The Kier molecular flexibility index (Phi) is 6.31. The lowest BCUT2D eigenvalue weighted by atomic mass is 10.0. The highest BCUT2D eigenvalue weighted by Gasteiger charge is 2.18. The topological polar surface area (TPSA) is 70.6 Å². The molecule has 0 fully saturated rings. The van der Waals surface area contributed by atoms with Crippen LogP contribution in [0.3, 0.4) is 0 Å². The van der Waals surface area contributed by atoms with Crippen LogP contribution in [0.5, 0.6) is 11.5 Å². The van der Waals surface area contributed by atoms with Crippen LogP contribution in [0.1, 0.15) is 25.8 Å². The Balaban J connectivity index is 2.74. The van der Waals surface area contributed by atoms with E-state index in [-0.39, 0.29) is 17.7 Å². The second-order valence-electron chi connectivity index (χ2n) is 5.15. The zero-order chi connectivity index (χ0) is 15.1. The summed E-state index contributed by atoms with van der Waals surface area (Å²) in [5.41, 5.74) is 0.710. The Morgan fingerprint density at radius 3 is 2.65 bits per heavy atom. The van der Waals surface area contributed by atoms with Crippen molar-refractivity contribution in [2.24, 2.45) is 5.92 Å². The molecule has 0 saturated carbocycles. The Morgan fingerprint density at radius 1 is 1.40 bits per heavy atom. The summed E-state index contributed by atoms with van der Waals surface area (Å²) in [6.45, 7) is 4.55. The largest absolute Gasteiger partial charge is 0.504 e. The van der Waals surface area contributed by atoms with Gasteiger partial charge in [-0.3, -0.25) is 4.79 Å². The molecule has 5 nitrogen and oxygen atoms in total. The van der Waals surface area contributed by atoms with E-state index in [9.17, 15) is 9.90 Å². The Labute approximate surface area is 120 Å². The van der Waals surface area contributed by atoms with Gasteiger partial charge in [-0.25, -0.2) is 0 Å². The number of aromatic hydroxyl groups is 1. The predicted molar refractivity (Wildman–Crippen MR) is 78.8 cm³/mol. The summed E-state index contributed by atoms with van der Waals surface area (Å²) in [5, 5.41) is 15.9. The van der Waals surface area contributed by atoms with E-state index >= 15 is 0 Å². The third-order valence-corrected chi connectivity index (χ3v) is 3.11. The molecule has 0 heterocycles. The molecule has 0 spiro atoms. The first-order valence-corrected chi connectivity index (χ1v) is 6.79. The lowest BCUT2D eigenvalue weighted by molar-refractivity contribution is -0.123. The quantitative estimate of drug-likeness (QED) is 0.710. The van der Waals surface area contributed by atoms with Gasteiger partial charge in [0.15, 0.2) is 11.5 Å². The minimum absolute atomic E-state index is 0.0407. The first-order chi connectivity index (χ1) is 9.49. The lowest BCUT2D eigenvalue weighted by Gasteiger charge is -2.19. The molecular formula is C15H24N2O3. The molecule has 0 radical (unpaired) electrons. The van der Waals surface area contributed by atoms with Crippen molar-refractivity contribution in [3.05, 3.63) is 23.8 Å².